The van der Waals surface area contributed by atoms with Gasteiger partial charge in [0, 0.05) is 30.0 Å². The van der Waals surface area contributed by atoms with Crippen molar-refractivity contribution in [1.82, 2.24) is 9.55 Å². The van der Waals surface area contributed by atoms with Crippen LogP contribution in [0.5, 0.6) is 0 Å². The van der Waals surface area contributed by atoms with Gasteiger partial charge in [0.05, 0.1) is 18.6 Å². The molecule has 0 aliphatic heterocycles. The molecule has 0 spiro atoms. The van der Waals surface area contributed by atoms with Gasteiger partial charge in [-0.3, -0.25) is 4.79 Å². The highest BCUT2D eigenvalue weighted by molar-refractivity contribution is 5.94. The zero-order valence-electron chi connectivity index (χ0n) is 12.2. The number of nitrogens with zero attached hydrogens (tertiary/aromatic N) is 2. The van der Waals surface area contributed by atoms with Crippen LogP contribution in [-0.2, 0) is 17.9 Å². The lowest BCUT2D eigenvalue weighted by Gasteiger charge is -2.09. The molecule has 0 radical (unpaired) electrons. The Morgan fingerprint density at radius 3 is 2.67 bits per heavy atom. The number of aryl methyl sites for hydroxylation is 1. The fraction of sp³-hybridized carbons (Fsp3) is 0.375. The van der Waals surface area contributed by atoms with E-state index in [1.807, 2.05) is 36.8 Å². The summed E-state index contributed by atoms with van der Waals surface area (Å²) in [5.74, 6) is 0.375. The highest BCUT2D eigenvalue weighted by Gasteiger charge is 2.29. The van der Waals surface area contributed by atoms with E-state index in [4.69, 9.17) is 0 Å². The number of hydrogen-bond donors (Lipinski definition) is 2. The summed E-state index contributed by atoms with van der Waals surface area (Å²) in [5, 5.41) is 6.30. The second-order valence-corrected chi connectivity index (χ2v) is 5.37. The Kier molecular flexibility index (Phi) is 3.90. The summed E-state index contributed by atoms with van der Waals surface area (Å²) in [6.07, 6.45) is 5.77. The van der Waals surface area contributed by atoms with E-state index in [0.29, 0.717) is 0 Å². The van der Waals surface area contributed by atoms with E-state index in [9.17, 15) is 4.79 Å². The SMILES string of the molecule is CCn1cncc1CNc1ccc(NC(=O)C2CC2)cc1. The minimum atomic E-state index is 0.141. The molecule has 0 bridgehead atoms. The topological polar surface area (TPSA) is 59.0 Å². The van der Waals surface area contributed by atoms with E-state index < -0.39 is 0 Å². The maximum Gasteiger partial charge on any atom is 0.227 e. The van der Waals surface area contributed by atoms with Crippen molar-refractivity contribution in [3.8, 4) is 0 Å². The molecule has 1 amide bonds. The third-order valence-electron chi connectivity index (χ3n) is 3.71. The fourth-order valence-corrected chi connectivity index (χ4v) is 2.23. The molecule has 0 saturated heterocycles. The molecule has 1 heterocycles. The predicted octanol–water partition coefficient (Wildman–Crippen LogP) is 2.86. The van der Waals surface area contributed by atoms with Crippen LogP contribution in [0.1, 0.15) is 25.5 Å². The van der Waals surface area contributed by atoms with E-state index in [-0.39, 0.29) is 11.8 Å². The maximum absolute atomic E-state index is 11.7. The number of nitrogens with one attached hydrogen (secondary N) is 2. The van der Waals surface area contributed by atoms with E-state index in [0.717, 1.165) is 43.0 Å². The van der Waals surface area contributed by atoms with Crippen molar-refractivity contribution >= 4 is 17.3 Å². The van der Waals surface area contributed by atoms with Crippen LogP contribution in [-0.4, -0.2) is 15.5 Å². The number of benzene rings is 1. The van der Waals surface area contributed by atoms with Gasteiger partial charge >= 0.3 is 0 Å². The van der Waals surface area contributed by atoms with Gasteiger partial charge in [-0.05, 0) is 44.0 Å². The molecule has 5 heteroatoms. The first kappa shape index (κ1) is 13.7. The van der Waals surface area contributed by atoms with E-state index >= 15 is 0 Å². The Labute approximate surface area is 124 Å². The van der Waals surface area contributed by atoms with Crippen LogP contribution in [0.15, 0.2) is 36.8 Å². The molecule has 1 aliphatic rings. The quantitative estimate of drug-likeness (QED) is 0.857. The zero-order chi connectivity index (χ0) is 14.7. The molecule has 0 unspecified atom stereocenters. The number of anilines is 2. The smallest absolute Gasteiger partial charge is 0.227 e. The summed E-state index contributed by atoms with van der Waals surface area (Å²) in [6, 6.07) is 7.82. The zero-order valence-corrected chi connectivity index (χ0v) is 12.2. The highest BCUT2D eigenvalue weighted by atomic mass is 16.2. The predicted molar refractivity (Wildman–Crippen MR) is 83.0 cm³/mol. The van der Waals surface area contributed by atoms with Crippen LogP contribution in [0.4, 0.5) is 11.4 Å². The van der Waals surface area contributed by atoms with Crippen LogP contribution >= 0.6 is 0 Å². The summed E-state index contributed by atoms with van der Waals surface area (Å²) in [5.41, 5.74) is 3.04. The lowest BCUT2D eigenvalue weighted by Crippen LogP contribution is -2.13. The van der Waals surface area contributed by atoms with Gasteiger partial charge in [0.1, 0.15) is 0 Å². The first-order chi connectivity index (χ1) is 10.3. The number of amides is 1. The minimum Gasteiger partial charge on any atom is -0.379 e. The molecule has 3 rings (SSSR count). The van der Waals surface area contributed by atoms with Crippen LogP contribution < -0.4 is 10.6 Å². The molecule has 1 aromatic heterocycles. The summed E-state index contributed by atoms with van der Waals surface area (Å²) < 4.78 is 2.11. The second kappa shape index (κ2) is 5.99. The summed E-state index contributed by atoms with van der Waals surface area (Å²) in [6.45, 7) is 3.76. The van der Waals surface area contributed by atoms with Crippen molar-refractivity contribution in [2.75, 3.05) is 10.6 Å². The van der Waals surface area contributed by atoms with Crippen molar-refractivity contribution in [3.63, 3.8) is 0 Å². The fourth-order valence-electron chi connectivity index (χ4n) is 2.23. The van der Waals surface area contributed by atoms with Crippen molar-refractivity contribution in [2.45, 2.75) is 32.9 Å². The number of hydrogen-bond acceptors (Lipinski definition) is 3. The Morgan fingerprint density at radius 2 is 2.00 bits per heavy atom. The molecule has 2 aromatic rings. The van der Waals surface area contributed by atoms with Crippen molar-refractivity contribution in [2.24, 2.45) is 5.92 Å². The molecule has 1 fully saturated rings. The van der Waals surface area contributed by atoms with Gasteiger partial charge in [-0.15, -0.1) is 0 Å². The first-order valence-electron chi connectivity index (χ1n) is 7.40. The molecule has 110 valence electrons. The van der Waals surface area contributed by atoms with Crippen molar-refractivity contribution < 1.29 is 4.79 Å². The molecule has 5 nitrogen and oxygen atoms in total. The molecule has 0 atom stereocenters. The minimum absolute atomic E-state index is 0.141. The standard InChI is InChI=1S/C16H20N4O/c1-2-20-11-17-9-15(20)10-18-13-5-7-14(8-6-13)19-16(21)12-3-4-12/h5-9,11-12,18H,2-4,10H2,1H3,(H,19,21). The summed E-state index contributed by atoms with van der Waals surface area (Å²) >= 11 is 0. The normalized spacial score (nSPS) is 14.0. The van der Waals surface area contributed by atoms with Crippen LogP contribution in [0.25, 0.3) is 0 Å². The largest absolute Gasteiger partial charge is 0.379 e. The number of aromatic nitrogens is 2. The molecule has 1 aliphatic carbocycles. The number of imidazole rings is 1. The van der Waals surface area contributed by atoms with Gasteiger partial charge in [-0.2, -0.15) is 0 Å². The van der Waals surface area contributed by atoms with E-state index in [1.54, 1.807) is 0 Å². The van der Waals surface area contributed by atoms with Crippen LogP contribution in [0, 0.1) is 5.92 Å². The monoisotopic (exact) mass is 284 g/mol. The van der Waals surface area contributed by atoms with Gasteiger partial charge in [-0.25, -0.2) is 4.98 Å². The van der Waals surface area contributed by atoms with E-state index in [1.165, 1.54) is 0 Å². The number of rotatable bonds is 6. The molecule has 21 heavy (non-hydrogen) atoms. The Bertz CT molecular complexity index is 613. The van der Waals surface area contributed by atoms with Crippen LogP contribution in [0.3, 0.4) is 0 Å². The summed E-state index contributed by atoms with van der Waals surface area (Å²) in [7, 11) is 0. The average Bonchev–Trinajstić information content (AvgIpc) is 3.26. The van der Waals surface area contributed by atoms with Crippen molar-refractivity contribution in [1.29, 1.82) is 0 Å². The summed E-state index contributed by atoms with van der Waals surface area (Å²) in [4.78, 5) is 15.8. The molecular weight excluding hydrogens is 264 g/mol. The second-order valence-electron chi connectivity index (χ2n) is 5.37. The molecule has 1 saturated carbocycles. The molecule has 1 aromatic carbocycles. The Morgan fingerprint density at radius 1 is 1.29 bits per heavy atom. The molecule has 2 N–H and O–H groups in total. The van der Waals surface area contributed by atoms with Gasteiger partial charge in [-0.1, -0.05) is 0 Å². The number of carbonyl (C=O) groups is 1. The highest BCUT2D eigenvalue weighted by Crippen LogP contribution is 2.30. The first-order valence-corrected chi connectivity index (χ1v) is 7.40. The maximum atomic E-state index is 11.7. The Hall–Kier alpha value is -2.30. The lowest BCUT2D eigenvalue weighted by molar-refractivity contribution is -0.117. The van der Waals surface area contributed by atoms with Crippen molar-refractivity contribution in [3.05, 3.63) is 42.5 Å². The van der Waals surface area contributed by atoms with Gasteiger partial charge < -0.3 is 15.2 Å². The van der Waals surface area contributed by atoms with Crippen LogP contribution in [0.2, 0.25) is 0 Å². The lowest BCUT2D eigenvalue weighted by atomic mass is 10.2. The Balaban J connectivity index is 1.55. The molecular formula is C16H20N4O. The number of carbonyl (C=O) groups excluding carboxylic acids is 1. The van der Waals surface area contributed by atoms with Gasteiger partial charge in [0.15, 0.2) is 0 Å². The third-order valence-corrected chi connectivity index (χ3v) is 3.71. The third kappa shape index (κ3) is 3.42. The average molecular weight is 284 g/mol. The van der Waals surface area contributed by atoms with E-state index in [2.05, 4.69) is 27.1 Å². The van der Waals surface area contributed by atoms with Gasteiger partial charge in [0.25, 0.3) is 0 Å². The van der Waals surface area contributed by atoms with Gasteiger partial charge in [0.2, 0.25) is 5.91 Å².